The number of carbonyl (C=O) groups is 1. The van der Waals surface area contributed by atoms with Gasteiger partial charge in [0.2, 0.25) is 0 Å². The number of halogens is 3. The van der Waals surface area contributed by atoms with Crippen molar-refractivity contribution in [3.63, 3.8) is 0 Å². The van der Waals surface area contributed by atoms with Gasteiger partial charge < -0.3 is 19.1 Å². The molecule has 2 aromatic rings. The van der Waals surface area contributed by atoms with Crippen LogP contribution in [0.4, 0.5) is 13.2 Å². The summed E-state index contributed by atoms with van der Waals surface area (Å²) >= 11 is 0. The van der Waals surface area contributed by atoms with E-state index in [4.69, 9.17) is 23.9 Å². The van der Waals surface area contributed by atoms with Gasteiger partial charge in [0, 0.05) is 50.7 Å². The maximum Gasteiger partial charge on any atom is 0.490 e. The second-order valence-electron chi connectivity index (χ2n) is 7.71. The topological polar surface area (TPSA) is 103 Å². The van der Waals surface area contributed by atoms with E-state index in [0.29, 0.717) is 6.04 Å². The van der Waals surface area contributed by atoms with Gasteiger partial charge in [-0.1, -0.05) is 5.16 Å². The highest BCUT2D eigenvalue weighted by molar-refractivity contribution is 5.73. The fourth-order valence-electron chi connectivity index (χ4n) is 3.96. The van der Waals surface area contributed by atoms with E-state index in [1.807, 2.05) is 36.1 Å². The Kier molecular flexibility index (Phi) is 8.26. The number of fused-ring (bicyclic) bond motifs is 1. The fraction of sp³-hybridized carbons (Fsp3) is 0.650. The van der Waals surface area contributed by atoms with Crippen molar-refractivity contribution >= 4 is 5.97 Å². The number of morpholine rings is 1. The van der Waals surface area contributed by atoms with Crippen LogP contribution in [0.3, 0.4) is 0 Å². The summed E-state index contributed by atoms with van der Waals surface area (Å²) in [7, 11) is 0. The molecule has 0 radical (unpaired) electrons. The second kappa shape index (κ2) is 10.9. The summed E-state index contributed by atoms with van der Waals surface area (Å²) in [6.45, 7) is 6.10. The lowest BCUT2D eigenvalue weighted by Gasteiger charge is -2.38. The third-order valence-corrected chi connectivity index (χ3v) is 5.36. The van der Waals surface area contributed by atoms with Crippen LogP contribution in [0.1, 0.15) is 30.7 Å². The first-order valence-corrected chi connectivity index (χ1v) is 10.4. The van der Waals surface area contributed by atoms with Gasteiger partial charge in [0.25, 0.3) is 0 Å². The summed E-state index contributed by atoms with van der Waals surface area (Å²) in [6.07, 6.45) is 2.23. The lowest BCUT2D eigenvalue weighted by atomic mass is 10.1. The first kappa shape index (κ1) is 24.2. The molecule has 1 saturated carbocycles. The van der Waals surface area contributed by atoms with Crippen molar-refractivity contribution in [1.82, 2.24) is 19.8 Å². The summed E-state index contributed by atoms with van der Waals surface area (Å²) in [5.74, 6) is -1.89. The minimum Gasteiger partial charge on any atom is -0.475 e. The zero-order chi connectivity index (χ0) is 23.1. The molecular weight excluding hydrogens is 433 g/mol. The van der Waals surface area contributed by atoms with Crippen LogP contribution in [0, 0.1) is 6.92 Å². The first-order chi connectivity index (χ1) is 15.2. The van der Waals surface area contributed by atoms with Gasteiger partial charge in [0.1, 0.15) is 5.76 Å². The molecule has 1 N–H and O–H groups in total. The van der Waals surface area contributed by atoms with E-state index in [9.17, 15) is 13.2 Å². The van der Waals surface area contributed by atoms with E-state index >= 15 is 0 Å². The number of aromatic nitrogens is 3. The van der Waals surface area contributed by atoms with Crippen LogP contribution in [-0.2, 0) is 27.4 Å². The van der Waals surface area contributed by atoms with Gasteiger partial charge in [-0.05, 0) is 32.3 Å². The van der Waals surface area contributed by atoms with Crippen molar-refractivity contribution < 1.29 is 37.1 Å². The van der Waals surface area contributed by atoms with E-state index in [1.54, 1.807) is 0 Å². The summed E-state index contributed by atoms with van der Waals surface area (Å²) in [5, 5.41) is 15.5. The van der Waals surface area contributed by atoms with Gasteiger partial charge in [-0.25, -0.2) is 4.79 Å². The average Bonchev–Trinajstić information content (AvgIpc) is 3.47. The lowest BCUT2D eigenvalue weighted by molar-refractivity contribution is -0.192. The van der Waals surface area contributed by atoms with Crippen LogP contribution in [0.25, 0.3) is 0 Å². The van der Waals surface area contributed by atoms with Crippen LogP contribution in [-0.4, -0.2) is 75.1 Å². The second-order valence-corrected chi connectivity index (χ2v) is 7.71. The Balaban J connectivity index is 0.000000360. The molecule has 1 aliphatic heterocycles. The van der Waals surface area contributed by atoms with Crippen LogP contribution in [0.2, 0.25) is 0 Å². The van der Waals surface area contributed by atoms with Crippen LogP contribution >= 0.6 is 0 Å². The summed E-state index contributed by atoms with van der Waals surface area (Å²) in [6, 6.07) is 4.38. The number of aliphatic carboxylic acids is 1. The van der Waals surface area contributed by atoms with Crippen molar-refractivity contribution in [1.29, 1.82) is 0 Å². The molecule has 1 aliphatic carbocycles. The van der Waals surface area contributed by atoms with E-state index in [2.05, 4.69) is 15.2 Å². The quantitative estimate of drug-likeness (QED) is 0.629. The molecule has 2 fully saturated rings. The molecule has 1 saturated heterocycles. The maximum absolute atomic E-state index is 10.6. The average molecular weight is 460 g/mol. The van der Waals surface area contributed by atoms with Gasteiger partial charge in [-0.3, -0.25) is 9.58 Å². The molecule has 3 atom stereocenters. The number of hydrogen-bond donors (Lipinski definition) is 1. The highest BCUT2D eigenvalue weighted by Gasteiger charge is 2.43. The minimum absolute atomic E-state index is 0.173. The predicted octanol–water partition coefficient (Wildman–Crippen LogP) is 2.65. The van der Waals surface area contributed by atoms with Crippen molar-refractivity contribution in [2.75, 3.05) is 19.8 Å². The Bertz CT molecular complexity index is 843. The highest BCUT2D eigenvalue weighted by Crippen LogP contribution is 2.33. The summed E-state index contributed by atoms with van der Waals surface area (Å²) < 4.78 is 51.1. The smallest absolute Gasteiger partial charge is 0.475 e. The Morgan fingerprint density at radius 2 is 2.16 bits per heavy atom. The highest BCUT2D eigenvalue weighted by atomic mass is 19.4. The van der Waals surface area contributed by atoms with Crippen molar-refractivity contribution in [2.45, 2.75) is 63.7 Å². The largest absolute Gasteiger partial charge is 0.490 e. The van der Waals surface area contributed by atoms with Crippen LogP contribution < -0.4 is 0 Å². The van der Waals surface area contributed by atoms with E-state index < -0.39 is 12.1 Å². The van der Waals surface area contributed by atoms with Crippen molar-refractivity contribution in [3.8, 4) is 0 Å². The first-order valence-electron chi connectivity index (χ1n) is 10.4. The van der Waals surface area contributed by atoms with Crippen molar-refractivity contribution in [2.24, 2.45) is 0 Å². The molecule has 0 bridgehead atoms. The number of rotatable bonds is 7. The number of ether oxygens (including phenoxy) is 2. The van der Waals surface area contributed by atoms with E-state index in [1.165, 1.54) is 0 Å². The number of carboxylic acids is 1. The summed E-state index contributed by atoms with van der Waals surface area (Å²) in [5.41, 5.74) is 1.00. The Morgan fingerprint density at radius 1 is 1.38 bits per heavy atom. The molecule has 4 rings (SSSR count). The predicted molar refractivity (Wildman–Crippen MR) is 105 cm³/mol. The Morgan fingerprint density at radius 3 is 2.78 bits per heavy atom. The zero-order valence-electron chi connectivity index (χ0n) is 17.7. The number of alkyl halides is 3. The van der Waals surface area contributed by atoms with Gasteiger partial charge in [0.15, 0.2) is 0 Å². The Hall–Kier alpha value is -2.44. The molecule has 12 heteroatoms. The van der Waals surface area contributed by atoms with Gasteiger partial charge in [0.05, 0.1) is 24.5 Å². The molecule has 3 heterocycles. The number of hydrogen-bond acceptors (Lipinski definition) is 7. The molecule has 0 amide bonds. The summed E-state index contributed by atoms with van der Waals surface area (Å²) in [4.78, 5) is 11.4. The molecular formula is C20H27F3N4O5. The van der Waals surface area contributed by atoms with E-state index in [0.717, 1.165) is 63.6 Å². The molecule has 178 valence electrons. The van der Waals surface area contributed by atoms with Crippen LogP contribution in [0.15, 0.2) is 29.0 Å². The zero-order valence-corrected chi connectivity index (χ0v) is 17.7. The SMILES string of the molecule is Cc1cc(CN2CCO[C@H]3[C@H](OCCCn4cccn4)CC[C@@H]32)no1.O=C(O)C(F)(F)F. The number of nitrogens with zero attached hydrogens (tertiary/aromatic N) is 4. The standard InChI is InChI=1S/C18H26N4O3.C2HF3O2/c1-14-12-15(20-25-14)13-21-9-11-24-18-16(21)4-5-17(18)23-10-3-8-22-7-2-6-19-22;3-2(4,5)1(6)7/h2,6-7,12,16-18H,3-5,8-11,13H2,1H3;(H,6,7)/t16-,17+,18+;/m0./s1. The minimum atomic E-state index is -5.08. The molecule has 2 aromatic heterocycles. The lowest BCUT2D eigenvalue weighted by Crippen LogP contribution is -2.51. The maximum atomic E-state index is 10.6. The third kappa shape index (κ3) is 6.78. The van der Waals surface area contributed by atoms with Crippen LogP contribution in [0.5, 0.6) is 0 Å². The van der Waals surface area contributed by atoms with Crippen molar-refractivity contribution in [3.05, 3.63) is 36.0 Å². The van der Waals surface area contributed by atoms with E-state index in [-0.39, 0.29) is 12.2 Å². The normalized spacial score (nSPS) is 23.4. The monoisotopic (exact) mass is 460 g/mol. The molecule has 2 aliphatic rings. The third-order valence-electron chi connectivity index (χ3n) is 5.36. The molecule has 32 heavy (non-hydrogen) atoms. The molecule has 0 unspecified atom stereocenters. The van der Waals surface area contributed by atoms with Gasteiger partial charge >= 0.3 is 12.1 Å². The Labute approximate surface area is 183 Å². The molecule has 0 aromatic carbocycles. The van der Waals surface area contributed by atoms with Gasteiger partial charge in [-0.2, -0.15) is 18.3 Å². The number of aryl methyl sites for hydroxylation is 2. The molecule has 0 spiro atoms. The molecule has 9 nitrogen and oxygen atoms in total. The number of carboxylic acid groups (broad SMARTS) is 1. The fourth-order valence-corrected chi connectivity index (χ4v) is 3.96. The van der Waals surface area contributed by atoms with Gasteiger partial charge in [-0.15, -0.1) is 0 Å².